The van der Waals surface area contributed by atoms with Gasteiger partial charge in [0.1, 0.15) is 11.6 Å². The predicted octanol–water partition coefficient (Wildman–Crippen LogP) is 5.87. The first-order chi connectivity index (χ1) is 16.6. The summed E-state index contributed by atoms with van der Waals surface area (Å²) in [5, 5.41) is 3.03. The van der Waals surface area contributed by atoms with Crippen molar-refractivity contribution in [3.8, 4) is 5.75 Å². The Kier molecular flexibility index (Phi) is 7.97. The fourth-order valence-corrected chi connectivity index (χ4v) is 4.09. The highest BCUT2D eigenvalue weighted by atomic mass is 16.5. The number of carbonyl (C=O) groups is 1. The molecule has 176 valence electrons. The van der Waals surface area contributed by atoms with Gasteiger partial charge in [-0.1, -0.05) is 48.0 Å². The Labute approximate surface area is 201 Å². The lowest BCUT2D eigenvalue weighted by atomic mass is 10.1. The summed E-state index contributed by atoms with van der Waals surface area (Å²) < 4.78 is 8.28. The first-order valence-corrected chi connectivity index (χ1v) is 12.1. The quantitative estimate of drug-likeness (QED) is 0.288. The molecule has 0 aliphatic rings. The van der Waals surface area contributed by atoms with Crippen LogP contribution in [0.15, 0.2) is 72.8 Å². The molecule has 0 saturated carbocycles. The second-order valence-corrected chi connectivity index (χ2v) is 8.71. The Bertz CT molecular complexity index is 1230. The number of aryl methyl sites for hydroxylation is 4. The number of nitrogens with zero attached hydrogens (tertiary/aromatic N) is 2. The number of rotatable bonds is 11. The molecule has 0 bridgehead atoms. The second kappa shape index (κ2) is 11.5. The molecule has 0 saturated heterocycles. The van der Waals surface area contributed by atoms with Crippen LogP contribution < -0.4 is 10.1 Å². The van der Waals surface area contributed by atoms with Crippen LogP contribution in [0, 0.1) is 13.8 Å². The topological polar surface area (TPSA) is 56.2 Å². The number of imidazole rings is 1. The van der Waals surface area contributed by atoms with Crippen molar-refractivity contribution in [2.45, 2.75) is 46.1 Å². The third-order valence-corrected chi connectivity index (χ3v) is 6.04. The normalized spacial score (nSPS) is 11.0. The zero-order chi connectivity index (χ0) is 23.8. The highest BCUT2D eigenvalue weighted by Gasteiger charge is 2.11. The minimum Gasteiger partial charge on any atom is -0.493 e. The Morgan fingerprint density at radius 1 is 0.912 bits per heavy atom. The van der Waals surface area contributed by atoms with Crippen molar-refractivity contribution in [1.82, 2.24) is 14.9 Å². The van der Waals surface area contributed by atoms with Crippen LogP contribution >= 0.6 is 0 Å². The van der Waals surface area contributed by atoms with Crippen molar-refractivity contribution >= 4 is 16.9 Å². The Morgan fingerprint density at radius 3 is 2.50 bits per heavy atom. The van der Waals surface area contributed by atoms with E-state index < -0.39 is 0 Å². The SMILES string of the molecule is Cc1ccc(C(=O)NCCCc2nc3ccccc3n2CCCCOc2ccccc2C)cc1. The number of carbonyl (C=O) groups excluding carboxylic acids is 1. The highest BCUT2D eigenvalue weighted by Crippen LogP contribution is 2.19. The molecule has 0 unspecified atom stereocenters. The van der Waals surface area contributed by atoms with Gasteiger partial charge in [0.05, 0.1) is 17.6 Å². The molecule has 5 heteroatoms. The van der Waals surface area contributed by atoms with Gasteiger partial charge in [0.2, 0.25) is 0 Å². The van der Waals surface area contributed by atoms with Crippen LogP contribution in [-0.4, -0.2) is 28.6 Å². The number of fused-ring (bicyclic) bond motifs is 1. The number of benzene rings is 3. The Morgan fingerprint density at radius 2 is 1.68 bits per heavy atom. The number of para-hydroxylation sites is 3. The van der Waals surface area contributed by atoms with E-state index in [-0.39, 0.29) is 5.91 Å². The molecule has 34 heavy (non-hydrogen) atoms. The zero-order valence-corrected chi connectivity index (χ0v) is 20.1. The van der Waals surface area contributed by atoms with Gasteiger partial charge in [-0.3, -0.25) is 4.79 Å². The lowest BCUT2D eigenvalue weighted by Gasteiger charge is -2.11. The molecule has 1 amide bonds. The summed E-state index contributed by atoms with van der Waals surface area (Å²) in [6, 6.07) is 24.1. The summed E-state index contributed by atoms with van der Waals surface area (Å²) in [4.78, 5) is 17.2. The van der Waals surface area contributed by atoms with Crippen molar-refractivity contribution in [1.29, 1.82) is 0 Å². The molecule has 0 aliphatic heterocycles. The number of aromatic nitrogens is 2. The maximum absolute atomic E-state index is 12.4. The van der Waals surface area contributed by atoms with Gasteiger partial charge < -0.3 is 14.6 Å². The van der Waals surface area contributed by atoms with Gasteiger partial charge in [0.25, 0.3) is 5.91 Å². The number of unbranched alkanes of at least 4 members (excludes halogenated alkanes) is 1. The molecule has 5 nitrogen and oxygen atoms in total. The molecule has 1 N–H and O–H groups in total. The van der Waals surface area contributed by atoms with Crippen LogP contribution in [0.25, 0.3) is 11.0 Å². The van der Waals surface area contributed by atoms with Gasteiger partial charge in [-0.25, -0.2) is 4.98 Å². The highest BCUT2D eigenvalue weighted by molar-refractivity contribution is 5.94. The van der Waals surface area contributed by atoms with Gasteiger partial charge in [-0.2, -0.15) is 0 Å². The van der Waals surface area contributed by atoms with Crippen LogP contribution in [0.3, 0.4) is 0 Å². The third kappa shape index (κ3) is 6.04. The maximum atomic E-state index is 12.4. The van der Waals surface area contributed by atoms with Crippen molar-refractivity contribution in [3.63, 3.8) is 0 Å². The van der Waals surface area contributed by atoms with Crippen LogP contribution in [-0.2, 0) is 13.0 Å². The molecular formula is C29H33N3O2. The minimum atomic E-state index is -0.0258. The average molecular weight is 456 g/mol. The molecule has 0 fully saturated rings. The molecule has 0 spiro atoms. The Balaban J connectivity index is 1.29. The summed E-state index contributed by atoms with van der Waals surface area (Å²) >= 11 is 0. The second-order valence-electron chi connectivity index (χ2n) is 8.71. The molecule has 3 aromatic carbocycles. The monoisotopic (exact) mass is 455 g/mol. The van der Waals surface area contributed by atoms with Gasteiger partial charge in [0.15, 0.2) is 0 Å². The zero-order valence-electron chi connectivity index (χ0n) is 20.1. The van der Waals surface area contributed by atoms with E-state index in [2.05, 4.69) is 41.1 Å². The largest absolute Gasteiger partial charge is 0.493 e. The number of nitrogens with one attached hydrogen (secondary N) is 1. The minimum absolute atomic E-state index is 0.0258. The molecular weight excluding hydrogens is 422 g/mol. The van der Waals surface area contributed by atoms with Gasteiger partial charge in [0, 0.05) is 25.1 Å². The smallest absolute Gasteiger partial charge is 0.251 e. The third-order valence-electron chi connectivity index (χ3n) is 6.04. The van der Waals surface area contributed by atoms with Crippen molar-refractivity contribution in [2.24, 2.45) is 0 Å². The van der Waals surface area contributed by atoms with E-state index in [0.717, 1.165) is 54.9 Å². The fraction of sp³-hybridized carbons (Fsp3) is 0.310. The maximum Gasteiger partial charge on any atom is 0.251 e. The summed E-state index contributed by atoms with van der Waals surface area (Å²) in [5.41, 5.74) is 5.21. The van der Waals surface area contributed by atoms with Crippen molar-refractivity contribution < 1.29 is 9.53 Å². The molecule has 1 aromatic heterocycles. The lowest BCUT2D eigenvalue weighted by Crippen LogP contribution is -2.25. The number of ether oxygens (including phenoxy) is 1. The van der Waals surface area contributed by atoms with E-state index in [1.165, 1.54) is 11.1 Å². The number of hydrogen-bond donors (Lipinski definition) is 1. The molecule has 0 atom stereocenters. The predicted molar refractivity (Wildman–Crippen MR) is 137 cm³/mol. The summed E-state index contributed by atoms with van der Waals surface area (Å²) in [5.74, 6) is 2.01. The van der Waals surface area contributed by atoms with Crippen LogP contribution in [0.2, 0.25) is 0 Å². The summed E-state index contributed by atoms with van der Waals surface area (Å²) in [7, 11) is 0. The molecule has 0 aliphatic carbocycles. The average Bonchev–Trinajstić information content (AvgIpc) is 3.20. The lowest BCUT2D eigenvalue weighted by molar-refractivity contribution is 0.0953. The standard InChI is InChI=1S/C29H33N3O2/c1-22-15-17-24(18-16-22)29(33)30-19-9-14-28-31-25-11-4-5-12-26(25)32(28)20-7-8-21-34-27-13-6-3-10-23(27)2/h3-6,10-13,15-18H,7-9,14,19-21H2,1-2H3,(H,30,33). The van der Waals surface area contributed by atoms with Gasteiger partial charge in [-0.05, 0) is 69.0 Å². The van der Waals surface area contributed by atoms with E-state index in [1.807, 2.05) is 55.5 Å². The molecule has 1 heterocycles. The first-order valence-electron chi connectivity index (χ1n) is 12.1. The van der Waals surface area contributed by atoms with Crippen LogP contribution in [0.4, 0.5) is 0 Å². The van der Waals surface area contributed by atoms with Gasteiger partial charge >= 0.3 is 0 Å². The van der Waals surface area contributed by atoms with Crippen molar-refractivity contribution in [2.75, 3.05) is 13.2 Å². The van der Waals surface area contributed by atoms with Crippen LogP contribution in [0.5, 0.6) is 5.75 Å². The number of amides is 1. The van der Waals surface area contributed by atoms with E-state index in [9.17, 15) is 4.79 Å². The Hall–Kier alpha value is -3.60. The van der Waals surface area contributed by atoms with E-state index in [0.29, 0.717) is 18.7 Å². The molecule has 4 rings (SSSR count). The summed E-state index contributed by atoms with van der Waals surface area (Å²) in [6.45, 7) is 6.33. The fourth-order valence-electron chi connectivity index (χ4n) is 4.09. The van der Waals surface area contributed by atoms with E-state index in [4.69, 9.17) is 9.72 Å². The number of hydrogen-bond acceptors (Lipinski definition) is 3. The van der Waals surface area contributed by atoms with E-state index in [1.54, 1.807) is 0 Å². The summed E-state index contributed by atoms with van der Waals surface area (Å²) in [6.07, 6.45) is 3.66. The van der Waals surface area contributed by atoms with Crippen LogP contribution in [0.1, 0.15) is 46.6 Å². The molecule has 0 radical (unpaired) electrons. The van der Waals surface area contributed by atoms with E-state index >= 15 is 0 Å². The first kappa shape index (κ1) is 23.6. The molecule has 4 aromatic rings. The van der Waals surface area contributed by atoms with Gasteiger partial charge in [-0.15, -0.1) is 0 Å². The van der Waals surface area contributed by atoms with Crippen molar-refractivity contribution in [3.05, 3.63) is 95.3 Å².